The summed E-state index contributed by atoms with van der Waals surface area (Å²) < 4.78 is 2.06. The predicted octanol–water partition coefficient (Wildman–Crippen LogP) is 3.95. The number of hydrogen-bond acceptors (Lipinski definition) is 3. The molecule has 0 saturated heterocycles. The van der Waals surface area contributed by atoms with Gasteiger partial charge in [0.25, 0.3) is 0 Å². The molecule has 2 aromatic heterocycles. The average molecular weight is 399 g/mol. The normalized spacial score (nSPS) is 10.8. The Balaban J connectivity index is 1.39. The topological polar surface area (TPSA) is 71.8 Å². The lowest BCUT2D eigenvalue weighted by Gasteiger charge is -2.11. The first kappa shape index (κ1) is 19.6. The number of imidazole rings is 1. The second kappa shape index (κ2) is 9.22. The van der Waals surface area contributed by atoms with Crippen LogP contribution in [0.4, 0.5) is 4.79 Å². The van der Waals surface area contributed by atoms with E-state index in [4.69, 9.17) is 4.98 Å². The van der Waals surface area contributed by atoms with Crippen molar-refractivity contribution in [1.82, 2.24) is 25.2 Å². The van der Waals surface area contributed by atoms with Gasteiger partial charge in [-0.25, -0.2) is 14.8 Å². The minimum atomic E-state index is -0.166. The highest BCUT2D eigenvalue weighted by Crippen LogP contribution is 2.23. The Morgan fingerprint density at radius 1 is 0.933 bits per heavy atom. The molecule has 6 heteroatoms. The quantitative estimate of drug-likeness (QED) is 0.494. The van der Waals surface area contributed by atoms with Crippen molar-refractivity contribution in [3.8, 4) is 11.4 Å². The molecule has 0 aliphatic carbocycles. The van der Waals surface area contributed by atoms with Gasteiger partial charge in [0.1, 0.15) is 11.3 Å². The van der Waals surface area contributed by atoms with E-state index < -0.39 is 0 Å². The Morgan fingerprint density at radius 2 is 1.70 bits per heavy atom. The number of aromatic nitrogens is 3. The monoisotopic (exact) mass is 399 g/mol. The van der Waals surface area contributed by atoms with Crippen LogP contribution in [0.1, 0.15) is 11.1 Å². The van der Waals surface area contributed by atoms with Crippen molar-refractivity contribution in [1.29, 1.82) is 0 Å². The summed E-state index contributed by atoms with van der Waals surface area (Å²) in [6.45, 7) is 3.73. The molecule has 4 aromatic rings. The maximum Gasteiger partial charge on any atom is 0.314 e. The van der Waals surface area contributed by atoms with Crippen LogP contribution in [0.2, 0.25) is 0 Å². The molecule has 0 aliphatic heterocycles. The van der Waals surface area contributed by atoms with Gasteiger partial charge < -0.3 is 15.2 Å². The summed E-state index contributed by atoms with van der Waals surface area (Å²) in [6, 6.07) is 22.1. The number of carbonyl (C=O) groups is 1. The number of carbonyl (C=O) groups excluding carboxylic acids is 1. The number of nitrogens with one attached hydrogen (secondary N) is 2. The van der Waals surface area contributed by atoms with Gasteiger partial charge in [-0.15, -0.1) is 0 Å². The van der Waals surface area contributed by atoms with Gasteiger partial charge >= 0.3 is 6.03 Å². The Kier molecular flexibility index (Phi) is 6.03. The van der Waals surface area contributed by atoms with Crippen LogP contribution in [-0.2, 0) is 13.0 Å². The second-order valence-electron chi connectivity index (χ2n) is 7.22. The SMILES string of the molecule is Cc1ccc(-c2nc3cccnc3n2CCNC(=O)NCCc2ccccc2)cc1. The fourth-order valence-electron chi connectivity index (χ4n) is 3.40. The molecule has 30 heavy (non-hydrogen) atoms. The largest absolute Gasteiger partial charge is 0.338 e. The van der Waals surface area contributed by atoms with E-state index in [0.717, 1.165) is 29.0 Å². The van der Waals surface area contributed by atoms with Gasteiger partial charge in [-0.05, 0) is 31.0 Å². The lowest BCUT2D eigenvalue weighted by Crippen LogP contribution is -2.38. The van der Waals surface area contributed by atoms with E-state index in [9.17, 15) is 4.79 Å². The van der Waals surface area contributed by atoms with Crippen LogP contribution in [-0.4, -0.2) is 33.7 Å². The number of rotatable bonds is 7. The average Bonchev–Trinajstić information content (AvgIpc) is 3.14. The van der Waals surface area contributed by atoms with E-state index in [1.54, 1.807) is 6.20 Å². The zero-order valence-electron chi connectivity index (χ0n) is 17.0. The van der Waals surface area contributed by atoms with E-state index in [0.29, 0.717) is 19.6 Å². The fraction of sp³-hybridized carbons (Fsp3) is 0.208. The number of fused-ring (bicyclic) bond motifs is 1. The highest BCUT2D eigenvalue weighted by atomic mass is 16.2. The lowest BCUT2D eigenvalue weighted by molar-refractivity contribution is 0.240. The van der Waals surface area contributed by atoms with Crippen LogP contribution in [0.5, 0.6) is 0 Å². The molecule has 0 radical (unpaired) electrons. The highest BCUT2D eigenvalue weighted by Gasteiger charge is 2.13. The minimum absolute atomic E-state index is 0.166. The van der Waals surface area contributed by atoms with Crippen LogP contribution in [0.25, 0.3) is 22.6 Å². The molecule has 2 aromatic carbocycles. The summed E-state index contributed by atoms with van der Waals surface area (Å²) in [5, 5.41) is 5.84. The van der Waals surface area contributed by atoms with Crippen molar-refractivity contribution in [2.24, 2.45) is 0 Å². The number of benzene rings is 2. The van der Waals surface area contributed by atoms with Gasteiger partial charge in [-0.3, -0.25) is 0 Å². The third-order valence-electron chi connectivity index (χ3n) is 4.98. The Labute approximate surface area is 176 Å². The minimum Gasteiger partial charge on any atom is -0.338 e. The van der Waals surface area contributed by atoms with Crippen molar-refractivity contribution in [3.63, 3.8) is 0 Å². The fourth-order valence-corrected chi connectivity index (χ4v) is 3.40. The van der Waals surface area contributed by atoms with E-state index in [-0.39, 0.29) is 6.03 Å². The molecule has 2 amide bonds. The second-order valence-corrected chi connectivity index (χ2v) is 7.22. The van der Waals surface area contributed by atoms with E-state index >= 15 is 0 Å². The summed E-state index contributed by atoms with van der Waals surface area (Å²) >= 11 is 0. The van der Waals surface area contributed by atoms with Crippen molar-refractivity contribution in [3.05, 3.63) is 84.1 Å². The number of pyridine rings is 1. The Morgan fingerprint density at radius 3 is 2.50 bits per heavy atom. The molecule has 0 fully saturated rings. The first-order chi connectivity index (χ1) is 14.7. The molecule has 2 N–H and O–H groups in total. The Bertz CT molecular complexity index is 1120. The summed E-state index contributed by atoms with van der Waals surface area (Å²) in [5.41, 5.74) is 5.11. The number of hydrogen-bond donors (Lipinski definition) is 2. The first-order valence-corrected chi connectivity index (χ1v) is 10.1. The number of nitrogens with zero attached hydrogens (tertiary/aromatic N) is 3. The van der Waals surface area contributed by atoms with Crippen molar-refractivity contribution in [2.75, 3.05) is 13.1 Å². The highest BCUT2D eigenvalue weighted by molar-refractivity contribution is 5.77. The molecule has 0 unspecified atom stereocenters. The molecule has 0 saturated carbocycles. The zero-order valence-corrected chi connectivity index (χ0v) is 17.0. The first-order valence-electron chi connectivity index (χ1n) is 10.1. The molecular formula is C24H25N5O. The molecule has 0 aliphatic rings. The smallest absolute Gasteiger partial charge is 0.314 e. The van der Waals surface area contributed by atoms with Crippen LogP contribution < -0.4 is 10.6 Å². The Hall–Kier alpha value is -3.67. The molecule has 6 nitrogen and oxygen atoms in total. The third-order valence-corrected chi connectivity index (χ3v) is 4.98. The van der Waals surface area contributed by atoms with Crippen LogP contribution >= 0.6 is 0 Å². The number of amides is 2. The van der Waals surface area contributed by atoms with Gasteiger partial charge in [0, 0.05) is 31.4 Å². The maximum atomic E-state index is 12.2. The number of aryl methyl sites for hydroxylation is 1. The van der Waals surface area contributed by atoms with Gasteiger partial charge in [-0.2, -0.15) is 0 Å². The molecule has 4 rings (SSSR count). The molecule has 0 bridgehead atoms. The van der Waals surface area contributed by atoms with Gasteiger partial charge in [0.05, 0.1) is 0 Å². The standard InChI is InChI=1S/C24H25N5O/c1-18-9-11-20(12-10-18)22-28-21-8-5-14-25-23(21)29(22)17-16-27-24(30)26-15-13-19-6-3-2-4-7-19/h2-12,14H,13,15-17H2,1H3,(H2,26,27,30). The summed E-state index contributed by atoms with van der Waals surface area (Å²) in [5.74, 6) is 0.856. The molecule has 0 spiro atoms. The lowest BCUT2D eigenvalue weighted by atomic mass is 10.1. The van der Waals surface area contributed by atoms with E-state index in [2.05, 4.69) is 63.5 Å². The zero-order chi connectivity index (χ0) is 20.8. The molecule has 152 valence electrons. The molecule has 2 heterocycles. The van der Waals surface area contributed by atoms with Crippen LogP contribution in [0, 0.1) is 6.92 Å². The summed E-state index contributed by atoms with van der Waals surface area (Å²) in [7, 11) is 0. The van der Waals surface area contributed by atoms with Gasteiger partial charge in [0.2, 0.25) is 0 Å². The molecular weight excluding hydrogens is 374 g/mol. The predicted molar refractivity (Wildman–Crippen MR) is 119 cm³/mol. The van der Waals surface area contributed by atoms with Crippen LogP contribution in [0.3, 0.4) is 0 Å². The van der Waals surface area contributed by atoms with Crippen molar-refractivity contribution in [2.45, 2.75) is 19.9 Å². The van der Waals surface area contributed by atoms with Crippen molar-refractivity contribution < 1.29 is 4.79 Å². The summed E-state index contributed by atoms with van der Waals surface area (Å²) in [6.07, 6.45) is 2.57. The van der Waals surface area contributed by atoms with E-state index in [1.165, 1.54) is 11.1 Å². The maximum absolute atomic E-state index is 12.2. The van der Waals surface area contributed by atoms with Gasteiger partial charge in [-0.1, -0.05) is 60.2 Å². The van der Waals surface area contributed by atoms with E-state index in [1.807, 2.05) is 30.3 Å². The third kappa shape index (κ3) is 4.66. The van der Waals surface area contributed by atoms with Crippen LogP contribution in [0.15, 0.2) is 72.9 Å². The van der Waals surface area contributed by atoms with Crippen molar-refractivity contribution >= 4 is 17.2 Å². The summed E-state index contributed by atoms with van der Waals surface area (Å²) in [4.78, 5) is 21.4. The van der Waals surface area contributed by atoms with Gasteiger partial charge in [0.15, 0.2) is 5.65 Å². The molecule has 0 atom stereocenters. The number of urea groups is 1.